The molecule has 0 N–H and O–H groups in total. The number of nitro benzene ring substituents is 1. The Morgan fingerprint density at radius 3 is 2.23 bits per heavy atom. The quantitative estimate of drug-likeness (QED) is 0.288. The van der Waals surface area contributed by atoms with Crippen LogP contribution in [0.4, 0.5) is 5.69 Å². The van der Waals surface area contributed by atoms with Crippen LogP contribution in [0, 0.1) is 10.1 Å². The van der Waals surface area contributed by atoms with Crippen molar-refractivity contribution in [1.82, 2.24) is 0 Å². The van der Waals surface area contributed by atoms with E-state index in [2.05, 4.69) is 0 Å². The molecule has 130 valence electrons. The summed E-state index contributed by atoms with van der Waals surface area (Å²) in [6, 6.07) is 16.6. The lowest BCUT2D eigenvalue weighted by Crippen LogP contribution is -2.20. The zero-order chi connectivity index (χ0) is 18.5. The Balaban J connectivity index is 1.94. The normalized spacial score (nSPS) is 11.5. The highest BCUT2D eigenvalue weighted by molar-refractivity contribution is 6.01. The number of hydrogen-bond donors (Lipinski definition) is 0. The molecule has 0 bridgehead atoms. The van der Waals surface area contributed by atoms with Gasteiger partial charge < -0.3 is 9.15 Å². The number of rotatable bonds is 6. The van der Waals surface area contributed by atoms with E-state index < -0.39 is 22.8 Å². The van der Waals surface area contributed by atoms with E-state index in [1.165, 1.54) is 42.7 Å². The summed E-state index contributed by atoms with van der Waals surface area (Å²) in [7, 11) is 0. The molecule has 2 aromatic carbocycles. The minimum atomic E-state index is -1.25. The molecule has 0 aliphatic carbocycles. The van der Waals surface area contributed by atoms with E-state index in [-0.39, 0.29) is 11.4 Å². The van der Waals surface area contributed by atoms with Gasteiger partial charge in [-0.1, -0.05) is 30.3 Å². The Hall–Kier alpha value is -3.74. The monoisotopic (exact) mass is 351 g/mol. The second-order valence-electron chi connectivity index (χ2n) is 5.34. The van der Waals surface area contributed by atoms with Crippen LogP contribution >= 0.6 is 0 Å². The Morgan fingerprint density at radius 2 is 1.65 bits per heavy atom. The van der Waals surface area contributed by atoms with Crippen LogP contribution in [-0.4, -0.2) is 16.7 Å². The van der Waals surface area contributed by atoms with Gasteiger partial charge in [-0.25, -0.2) is 4.79 Å². The summed E-state index contributed by atoms with van der Waals surface area (Å²) in [5.74, 6) is -1.29. The predicted molar refractivity (Wildman–Crippen MR) is 90.7 cm³/mol. The molecular formula is C19H13NO6. The van der Waals surface area contributed by atoms with Crippen molar-refractivity contribution in [2.75, 3.05) is 0 Å². The highest BCUT2D eigenvalue weighted by Crippen LogP contribution is 2.26. The third-order valence-corrected chi connectivity index (χ3v) is 3.65. The first-order valence-corrected chi connectivity index (χ1v) is 7.64. The van der Waals surface area contributed by atoms with Gasteiger partial charge in [-0.15, -0.1) is 0 Å². The maximum Gasteiger partial charge on any atom is 0.375 e. The summed E-state index contributed by atoms with van der Waals surface area (Å²) in [5.41, 5.74) is 0.546. The maximum atomic E-state index is 12.8. The summed E-state index contributed by atoms with van der Waals surface area (Å²) in [6.45, 7) is 0. The molecule has 0 unspecified atom stereocenters. The number of nitro groups is 1. The second kappa shape index (κ2) is 7.43. The number of carbonyl (C=O) groups is 2. The first kappa shape index (κ1) is 17.1. The molecule has 7 heteroatoms. The third-order valence-electron chi connectivity index (χ3n) is 3.65. The standard InChI is InChI=1S/C19H13NO6/c21-17(13-5-2-1-3-6-13)18(26-19(22)16-7-4-12-25-16)14-8-10-15(11-9-14)20(23)24/h1-12,18H/t18-/m0/s1. The first-order chi connectivity index (χ1) is 12.6. The molecule has 3 aromatic rings. The van der Waals surface area contributed by atoms with E-state index in [4.69, 9.17) is 9.15 Å². The van der Waals surface area contributed by atoms with Gasteiger partial charge in [0.25, 0.3) is 5.69 Å². The van der Waals surface area contributed by atoms with Gasteiger partial charge >= 0.3 is 5.97 Å². The van der Waals surface area contributed by atoms with E-state index in [1.807, 2.05) is 0 Å². The second-order valence-corrected chi connectivity index (χ2v) is 5.34. The minimum absolute atomic E-state index is 0.0437. The summed E-state index contributed by atoms with van der Waals surface area (Å²) < 4.78 is 10.3. The van der Waals surface area contributed by atoms with Crippen molar-refractivity contribution in [3.63, 3.8) is 0 Å². The average molecular weight is 351 g/mol. The molecule has 0 aliphatic heterocycles. The number of benzene rings is 2. The molecule has 3 rings (SSSR count). The fraction of sp³-hybridized carbons (Fsp3) is 0.0526. The van der Waals surface area contributed by atoms with Gasteiger partial charge in [0.05, 0.1) is 11.2 Å². The van der Waals surface area contributed by atoms with Crippen LogP contribution in [0.25, 0.3) is 0 Å². The third kappa shape index (κ3) is 3.67. The topological polar surface area (TPSA) is 99.7 Å². The van der Waals surface area contributed by atoms with Crippen LogP contribution in [0.1, 0.15) is 32.6 Å². The van der Waals surface area contributed by atoms with Gasteiger partial charge in [0.1, 0.15) is 0 Å². The van der Waals surface area contributed by atoms with Crippen LogP contribution in [0.15, 0.2) is 77.4 Å². The Labute approximate surface area is 148 Å². The number of nitrogens with zero attached hydrogens (tertiary/aromatic N) is 1. The van der Waals surface area contributed by atoms with Crippen LogP contribution in [0.2, 0.25) is 0 Å². The van der Waals surface area contributed by atoms with E-state index in [9.17, 15) is 19.7 Å². The Bertz CT molecular complexity index is 916. The number of furan rings is 1. The number of ketones is 1. The highest BCUT2D eigenvalue weighted by atomic mass is 16.6. The fourth-order valence-electron chi connectivity index (χ4n) is 2.36. The SMILES string of the molecule is O=C(O[C@H](C(=O)c1ccccc1)c1ccc([N+](=O)[O-])cc1)c1ccco1. The number of ether oxygens (including phenoxy) is 1. The van der Waals surface area contributed by atoms with Crippen LogP contribution < -0.4 is 0 Å². The molecule has 1 atom stereocenters. The molecule has 0 saturated carbocycles. The zero-order valence-electron chi connectivity index (χ0n) is 13.4. The largest absolute Gasteiger partial charge is 0.457 e. The smallest absolute Gasteiger partial charge is 0.375 e. The predicted octanol–water partition coefficient (Wildman–Crippen LogP) is 3.97. The van der Waals surface area contributed by atoms with Crippen molar-refractivity contribution < 1.29 is 23.7 Å². The molecule has 7 nitrogen and oxygen atoms in total. The molecule has 0 spiro atoms. The van der Waals surface area contributed by atoms with Crippen LogP contribution in [0.3, 0.4) is 0 Å². The van der Waals surface area contributed by atoms with E-state index in [0.717, 1.165) is 0 Å². The van der Waals surface area contributed by atoms with Crippen molar-refractivity contribution >= 4 is 17.4 Å². The van der Waals surface area contributed by atoms with Crippen molar-refractivity contribution in [2.24, 2.45) is 0 Å². The Kier molecular flexibility index (Phi) is 4.89. The molecule has 0 saturated heterocycles. The number of non-ortho nitro benzene ring substituents is 1. The van der Waals surface area contributed by atoms with E-state index in [1.54, 1.807) is 30.3 Å². The van der Waals surface area contributed by atoms with Crippen LogP contribution in [0.5, 0.6) is 0 Å². The lowest BCUT2D eigenvalue weighted by Gasteiger charge is -2.16. The molecule has 1 heterocycles. The lowest BCUT2D eigenvalue weighted by molar-refractivity contribution is -0.384. The molecule has 26 heavy (non-hydrogen) atoms. The summed E-state index contributed by atoms with van der Waals surface area (Å²) >= 11 is 0. The number of Topliss-reactive ketones (excluding diaryl/α,β-unsaturated/α-hetero) is 1. The van der Waals surface area contributed by atoms with Crippen molar-refractivity contribution in [1.29, 1.82) is 0 Å². The zero-order valence-corrected chi connectivity index (χ0v) is 13.4. The molecule has 0 amide bonds. The van der Waals surface area contributed by atoms with Gasteiger partial charge in [0.2, 0.25) is 11.5 Å². The lowest BCUT2D eigenvalue weighted by atomic mass is 9.99. The molecule has 0 fully saturated rings. The van der Waals surface area contributed by atoms with Crippen molar-refractivity contribution in [3.05, 3.63) is 100.0 Å². The molecule has 0 radical (unpaired) electrons. The van der Waals surface area contributed by atoms with E-state index >= 15 is 0 Å². The molecule has 0 aliphatic rings. The number of hydrogen-bond acceptors (Lipinski definition) is 6. The van der Waals surface area contributed by atoms with Gasteiger partial charge in [0, 0.05) is 23.3 Å². The van der Waals surface area contributed by atoms with Gasteiger partial charge in [-0.2, -0.15) is 0 Å². The van der Waals surface area contributed by atoms with Crippen LogP contribution in [-0.2, 0) is 4.74 Å². The van der Waals surface area contributed by atoms with Gasteiger partial charge in [-0.3, -0.25) is 14.9 Å². The van der Waals surface area contributed by atoms with Gasteiger partial charge in [0.15, 0.2) is 6.10 Å². The Morgan fingerprint density at radius 1 is 0.962 bits per heavy atom. The van der Waals surface area contributed by atoms with Crippen molar-refractivity contribution in [2.45, 2.75) is 6.10 Å². The summed E-state index contributed by atoms with van der Waals surface area (Å²) in [6.07, 6.45) is 0.0621. The van der Waals surface area contributed by atoms with E-state index in [0.29, 0.717) is 11.1 Å². The van der Waals surface area contributed by atoms with Gasteiger partial charge in [-0.05, 0) is 24.3 Å². The first-order valence-electron chi connectivity index (χ1n) is 7.64. The van der Waals surface area contributed by atoms with Crippen molar-refractivity contribution in [3.8, 4) is 0 Å². The molecule has 1 aromatic heterocycles. The fourth-order valence-corrected chi connectivity index (χ4v) is 2.36. The summed E-state index contributed by atoms with van der Waals surface area (Å²) in [5, 5.41) is 10.8. The highest BCUT2D eigenvalue weighted by Gasteiger charge is 2.28. The molecular weight excluding hydrogens is 338 g/mol. The number of esters is 1. The average Bonchev–Trinajstić information content (AvgIpc) is 3.21. The maximum absolute atomic E-state index is 12.8. The number of carbonyl (C=O) groups excluding carboxylic acids is 2. The summed E-state index contributed by atoms with van der Waals surface area (Å²) in [4.78, 5) is 35.3. The minimum Gasteiger partial charge on any atom is -0.457 e.